The van der Waals surface area contributed by atoms with E-state index in [4.69, 9.17) is 23.8 Å². The topological polar surface area (TPSA) is 53.3 Å². The lowest BCUT2D eigenvalue weighted by Gasteiger charge is -2.28. The van der Waals surface area contributed by atoms with Gasteiger partial charge in [-0.1, -0.05) is 29.8 Å². The van der Waals surface area contributed by atoms with Crippen LogP contribution in [0.3, 0.4) is 0 Å². The lowest BCUT2D eigenvalue weighted by atomic mass is 9.96. The molecule has 2 N–H and O–H groups in total. The Hall–Kier alpha value is -3.35. The maximum absolute atomic E-state index is 10.8. The Balaban J connectivity index is 1.71. The summed E-state index contributed by atoms with van der Waals surface area (Å²) in [6.45, 7) is 6.33. The summed E-state index contributed by atoms with van der Waals surface area (Å²) >= 11 is 12.1. The number of anilines is 1. The Bertz CT molecular complexity index is 1380. The van der Waals surface area contributed by atoms with E-state index in [1.165, 1.54) is 5.56 Å². The van der Waals surface area contributed by atoms with Crippen molar-refractivity contribution in [2.75, 3.05) is 4.90 Å². The first kappa shape index (κ1) is 22.4. The first-order valence-electron chi connectivity index (χ1n) is 11.1. The highest BCUT2D eigenvalue weighted by atomic mass is 35.5. The van der Waals surface area contributed by atoms with Gasteiger partial charge >= 0.3 is 0 Å². The summed E-state index contributed by atoms with van der Waals surface area (Å²) < 4.78 is 2.26. The second kappa shape index (κ2) is 8.78. The fourth-order valence-electron chi connectivity index (χ4n) is 4.87. The molecular weight excluding hydrogens is 464 g/mol. The van der Waals surface area contributed by atoms with Crippen LogP contribution in [0.5, 0.6) is 5.75 Å². The number of aromatic nitrogens is 2. The van der Waals surface area contributed by atoms with Crippen LogP contribution in [0, 0.1) is 20.8 Å². The molecule has 34 heavy (non-hydrogen) atoms. The Morgan fingerprint density at radius 3 is 2.56 bits per heavy atom. The Labute approximate surface area is 209 Å². The molecule has 0 bridgehead atoms. The zero-order valence-corrected chi connectivity index (χ0v) is 20.7. The van der Waals surface area contributed by atoms with Gasteiger partial charge in [0.15, 0.2) is 5.11 Å². The van der Waals surface area contributed by atoms with Crippen LogP contribution >= 0.6 is 23.8 Å². The van der Waals surface area contributed by atoms with E-state index in [0.29, 0.717) is 15.8 Å². The van der Waals surface area contributed by atoms with E-state index in [9.17, 15) is 5.11 Å². The third kappa shape index (κ3) is 3.83. The minimum Gasteiger partial charge on any atom is -0.506 e. The van der Waals surface area contributed by atoms with Crippen LogP contribution in [0.15, 0.2) is 72.9 Å². The molecular formula is C27H25ClN4OS. The number of aromatic hydroxyl groups is 1. The van der Waals surface area contributed by atoms with Gasteiger partial charge in [-0.25, -0.2) is 0 Å². The molecule has 5 nitrogen and oxygen atoms in total. The van der Waals surface area contributed by atoms with Crippen molar-refractivity contribution >= 4 is 34.6 Å². The summed E-state index contributed by atoms with van der Waals surface area (Å²) in [4.78, 5) is 6.58. The Morgan fingerprint density at radius 2 is 1.82 bits per heavy atom. The summed E-state index contributed by atoms with van der Waals surface area (Å²) in [6, 6.07) is 21.1. The quantitative estimate of drug-likeness (QED) is 0.328. The number of benzene rings is 2. The maximum atomic E-state index is 10.8. The average molecular weight is 489 g/mol. The van der Waals surface area contributed by atoms with Gasteiger partial charge in [-0.15, -0.1) is 0 Å². The van der Waals surface area contributed by atoms with Gasteiger partial charge in [-0.3, -0.25) is 4.98 Å². The molecule has 172 valence electrons. The van der Waals surface area contributed by atoms with E-state index in [0.717, 1.165) is 28.3 Å². The van der Waals surface area contributed by atoms with E-state index >= 15 is 0 Å². The number of nitrogens with zero attached hydrogens (tertiary/aromatic N) is 3. The van der Waals surface area contributed by atoms with Crippen LogP contribution in [0.4, 0.5) is 5.69 Å². The zero-order chi connectivity index (χ0) is 24.0. The largest absolute Gasteiger partial charge is 0.506 e. The molecule has 1 fully saturated rings. The van der Waals surface area contributed by atoms with Crippen LogP contribution in [0.1, 0.15) is 40.3 Å². The van der Waals surface area contributed by atoms with Gasteiger partial charge in [0.1, 0.15) is 5.75 Å². The smallest absolute Gasteiger partial charge is 0.174 e. The number of thiocarbonyl (C=S) groups is 1. The van der Waals surface area contributed by atoms with E-state index in [-0.39, 0.29) is 17.8 Å². The van der Waals surface area contributed by atoms with Gasteiger partial charge in [0.2, 0.25) is 0 Å². The lowest BCUT2D eigenvalue weighted by Crippen LogP contribution is -2.29. The average Bonchev–Trinajstić information content (AvgIpc) is 3.31. The summed E-state index contributed by atoms with van der Waals surface area (Å²) in [6.07, 6.45) is 1.78. The van der Waals surface area contributed by atoms with E-state index in [1.807, 2.05) is 23.1 Å². The van der Waals surface area contributed by atoms with Crippen LogP contribution < -0.4 is 10.2 Å². The number of aryl methyl sites for hydroxylation is 2. The molecule has 0 aliphatic carbocycles. The van der Waals surface area contributed by atoms with E-state index in [1.54, 1.807) is 24.4 Å². The van der Waals surface area contributed by atoms with Gasteiger partial charge in [0, 0.05) is 28.3 Å². The van der Waals surface area contributed by atoms with Gasteiger partial charge in [-0.2, -0.15) is 0 Å². The van der Waals surface area contributed by atoms with Crippen molar-refractivity contribution < 1.29 is 5.11 Å². The van der Waals surface area contributed by atoms with Gasteiger partial charge in [0.25, 0.3) is 0 Å². The van der Waals surface area contributed by atoms with E-state index < -0.39 is 0 Å². The number of pyridine rings is 1. The Morgan fingerprint density at radius 1 is 1.00 bits per heavy atom. The second-order valence-corrected chi connectivity index (χ2v) is 9.45. The van der Waals surface area contributed by atoms with Crippen LogP contribution in [-0.2, 0) is 0 Å². The molecule has 2 aromatic carbocycles. The summed E-state index contributed by atoms with van der Waals surface area (Å²) in [5.41, 5.74) is 7.07. The molecule has 0 saturated carbocycles. The van der Waals surface area contributed by atoms with E-state index in [2.05, 4.69) is 66.0 Å². The highest BCUT2D eigenvalue weighted by molar-refractivity contribution is 7.80. The summed E-state index contributed by atoms with van der Waals surface area (Å²) in [5, 5.41) is 15.3. The molecule has 1 aliphatic heterocycles. The lowest BCUT2D eigenvalue weighted by molar-refractivity contribution is 0.472. The summed E-state index contributed by atoms with van der Waals surface area (Å²) in [7, 11) is 0. The number of phenols is 1. The van der Waals surface area contributed by atoms with Gasteiger partial charge in [0.05, 0.1) is 23.5 Å². The third-order valence-corrected chi connectivity index (χ3v) is 6.89. The molecule has 2 atom stereocenters. The first-order chi connectivity index (χ1) is 16.3. The molecule has 7 heteroatoms. The molecule has 0 spiro atoms. The van der Waals surface area contributed by atoms with Crippen molar-refractivity contribution in [3.05, 3.63) is 106 Å². The predicted molar refractivity (Wildman–Crippen MR) is 141 cm³/mol. The minimum absolute atomic E-state index is 0.118. The number of hydrogen-bond donors (Lipinski definition) is 2. The van der Waals surface area contributed by atoms with Gasteiger partial charge in [-0.05, 0) is 92.6 Å². The summed E-state index contributed by atoms with van der Waals surface area (Å²) in [5.74, 6) is 0.118. The Kier molecular flexibility index (Phi) is 5.80. The van der Waals surface area contributed by atoms with Gasteiger partial charge < -0.3 is 19.9 Å². The molecule has 0 amide bonds. The van der Waals surface area contributed by atoms with Crippen molar-refractivity contribution in [2.24, 2.45) is 0 Å². The number of nitrogens with one attached hydrogen (secondary N) is 1. The SMILES string of the molecule is Cc1cccc(-n2c(C)cc([C@H]3[C@@H](c4ccccn4)NC(=S)N3c3cc(Cl)ccc3O)c2C)c1. The highest BCUT2D eigenvalue weighted by Gasteiger charge is 2.43. The van der Waals surface area contributed by atoms with Crippen LogP contribution in [0.25, 0.3) is 5.69 Å². The van der Waals surface area contributed by atoms with Crippen molar-refractivity contribution in [1.29, 1.82) is 0 Å². The van der Waals surface area contributed by atoms with Crippen molar-refractivity contribution in [3.63, 3.8) is 0 Å². The monoisotopic (exact) mass is 488 g/mol. The minimum atomic E-state index is -0.239. The molecule has 0 unspecified atom stereocenters. The molecule has 3 heterocycles. The molecule has 5 rings (SSSR count). The molecule has 0 radical (unpaired) electrons. The molecule has 4 aromatic rings. The highest BCUT2D eigenvalue weighted by Crippen LogP contribution is 2.46. The first-order valence-corrected chi connectivity index (χ1v) is 11.9. The molecule has 1 saturated heterocycles. The molecule has 1 aliphatic rings. The van der Waals surface area contributed by atoms with Crippen LogP contribution in [0.2, 0.25) is 5.02 Å². The predicted octanol–water partition coefficient (Wildman–Crippen LogP) is 6.33. The number of hydrogen-bond acceptors (Lipinski definition) is 3. The second-order valence-electron chi connectivity index (χ2n) is 8.63. The normalized spacial score (nSPS) is 17.8. The van der Waals surface area contributed by atoms with Crippen LogP contribution in [-0.4, -0.2) is 19.8 Å². The van der Waals surface area contributed by atoms with Crippen molar-refractivity contribution in [2.45, 2.75) is 32.9 Å². The van der Waals surface area contributed by atoms with Crippen molar-refractivity contribution in [1.82, 2.24) is 14.9 Å². The fourth-order valence-corrected chi connectivity index (χ4v) is 5.38. The third-order valence-electron chi connectivity index (χ3n) is 6.34. The standard InChI is InChI=1S/C27H25ClN4OS/c1-16-7-6-8-20(13-16)31-17(2)14-21(18(31)3)26-25(22-9-4-5-12-29-22)30-27(34)32(26)23-15-19(28)10-11-24(23)33/h4-15,25-26,33H,1-3H3,(H,30,34)/t25-,26+/m1/s1. The number of phenolic OH excluding ortho intramolecular Hbond substituents is 1. The zero-order valence-electron chi connectivity index (χ0n) is 19.2. The van der Waals surface area contributed by atoms with Crippen molar-refractivity contribution in [3.8, 4) is 11.4 Å². The maximum Gasteiger partial charge on any atom is 0.174 e. The molecule has 2 aromatic heterocycles. The fraction of sp³-hybridized carbons (Fsp3) is 0.185. The number of rotatable bonds is 4. The number of halogens is 1.